The fourth-order valence-corrected chi connectivity index (χ4v) is 4.24. The summed E-state index contributed by atoms with van der Waals surface area (Å²) in [5.41, 5.74) is 0.452. The van der Waals surface area contributed by atoms with Crippen molar-refractivity contribution in [3.05, 3.63) is 69.9 Å². The van der Waals surface area contributed by atoms with Crippen LogP contribution in [0, 0.1) is 23.0 Å². The molecule has 1 aromatic heterocycles. The van der Waals surface area contributed by atoms with Gasteiger partial charge in [-0.15, -0.1) is 0 Å². The van der Waals surface area contributed by atoms with E-state index < -0.39 is 23.2 Å². The molecule has 1 fully saturated rings. The summed E-state index contributed by atoms with van der Waals surface area (Å²) in [6.07, 6.45) is -0.000602. The quantitative estimate of drug-likeness (QED) is 0.506. The Balaban J connectivity index is 1.81. The van der Waals surface area contributed by atoms with Crippen molar-refractivity contribution in [1.29, 1.82) is 5.26 Å². The number of piperidine rings is 1. The summed E-state index contributed by atoms with van der Waals surface area (Å²) in [5.74, 6) is -0.908. The zero-order chi connectivity index (χ0) is 25.1. The zero-order valence-corrected chi connectivity index (χ0v) is 18.8. The van der Waals surface area contributed by atoms with Crippen LogP contribution in [-0.2, 0) is 0 Å². The van der Waals surface area contributed by atoms with Gasteiger partial charge in [-0.25, -0.2) is 13.6 Å². The Kier molecular flexibility index (Phi) is 6.68. The monoisotopic (exact) mass is 480 g/mol. The van der Waals surface area contributed by atoms with Gasteiger partial charge in [-0.2, -0.15) is 5.26 Å². The molecule has 4 rings (SSSR count). The lowest BCUT2D eigenvalue weighted by Crippen LogP contribution is -2.44. The minimum Gasteiger partial charge on any atom is -0.494 e. The Bertz CT molecular complexity index is 1370. The number of pyridine rings is 1. The van der Waals surface area contributed by atoms with Crippen LogP contribution in [0.4, 0.5) is 19.4 Å². The van der Waals surface area contributed by atoms with Crippen molar-refractivity contribution < 1.29 is 23.4 Å². The van der Waals surface area contributed by atoms with Gasteiger partial charge in [0, 0.05) is 30.8 Å². The number of ether oxygens (including phenoxy) is 1. The normalized spacial score (nSPS) is 13.8. The van der Waals surface area contributed by atoms with Gasteiger partial charge < -0.3 is 25.0 Å². The summed E-state index contributed by atoms with van der Waals surface area (Å²) in [6, 6.07) is 11.1. The Hall–Kier alpha value is -4.39. The predicted octanol–water partition coefficient (Wildman–Crippen LogP) is 4.10. The minimum absolute atomic E-state index is 0.0191. The molecule has 0 saturated carbocycles. The van der Waals surface area contributed by atoms with E-state index in [9.17, 15) is 18.4 Å². The molecule has 8 nitrogen and oxygen atoms in total. The van der Waals surface area contributed by atoms with Crippen molar-refractivity contribution in [2.45, 2.75) is 18.9 Å². The molecule has 3 N–H and O–H groups in total. The van der Waals surface area contributed by atoms with Crippen LogP contribution in [0.1, 0.15) is 18.4 Å². The van der Waals surface area contributed by atoms with E-state index in [1.165, 1.54) is 37.4 Å². The molecule has 0 atom stereocenters. The number of rotatable bonds is 5. The van der Waals surface area contributed by atoms with Crippen LogP contribution in [0.5, 0.6) is 5.75 Å². The highest BCUT2D eigenvalue weighted by Crippen LogP contribution is 2.33. The van der Waals surface area contributed by atoms with Crippen molar-refractivity contribution in [2.24, 2.45) is 0 Å². The maximum absolute atomic E-state index is 14.5. The molecule has 1 amide bonds. The summed E-state index contributed by atoms with van der Waals surface area (Å²) in [7, 11) is 1.33. The highest BCUT2D eigenvalue weighted by molar-refractivity contribution is 5.82. The first kappa shape index (κ1) is 23.8. The van der Waals surface area contributed by atoms with Crippen molar-refractivity contribution in [1.82, 2.24) is 10.3 Å². The summed E-state index contributed by atoms with van der Waals surface area (Å²) in [5, 5.41) is 20.5. The third-order valence-corrected chi connectivity index (χ3v) is 6.00. The van der Waals surface area contributed by atoms with Crippen molar-refractivity contribution >= 4 is 11.9 Å². The molecular formula is C25H22F2N4O4. The molecule has 2 heterocycles. The lowest BCUT2D eigenvalue weighted by atomic mass is 9.97. The number of amides is 1. The number of aromatic nitrogens is 1. The van der Waals surface area contributed by atoms with Gasteiger partial charge in [0.15, 0.2) is 17.0 Å². The summed E-state index contributed by atoms with van der Waals surface area (Å²) in [4.78, 5) is 29.3. The maximum Gasteiger partial charge on any atom is 0.404 e. The van der Waals surface area contributed by atoms with E-state index in [2.05, 4.69) is 10.3 Å². The van der Waals surface area contributed by atoms with Crippen LogP contribution < -0.4 is 20.4 Å². The first-order chi connectivity index (χ1) is 16.8. The number of carboxylic acid groups (broad SMARTS) is 1. The molecule has 0 spiro atoms. The second kappa shape index (κ2) is 9.85. The smallest absolute Gasteiger partial charge is 0.404 e. The fraction of sp³-hybridized carbons (Fsp3) is 0.240. The standard InChI is InChI=1S/C25H22F2N4O4/c1-35-21-5-4-14(10-19(21)27)23-20(32)12-22(31-8-6-17(7-9-31)29-25(33)34)30-24(23)15-2-3-16(13-28)18(26)11-15/h2-5,10-12,17,29H,6-9H2,1H3,(H,30,32)(H,33,34). The van der Waals surface area contributed by atoms with Gasteiger partial charge in [-0.1, -0.05) is 12.1 Å². The number of nitriles is 1. The molecule has 3 aromatic rings. The third-order valence-electron chi connectivity index (χ3n) is 6.00. The molecule has 2 aromatic carbocycles. The number of nitrogens with zero attached hydrogens (tertiary/aromatic N) is 2. The van der Waals surface area contributed by atoms with Crippen LogP contribution in [0.3, 0.4) is 0 Å². The molecule has 10 heteroatoms. The molecular weight excluding hydrogens is 458 g/mol. The first-order valence-corrected chi connectivity index (χ1v) is 10.9. The highest BCUT2D eigenvalue weighted by atomic mass is 19.1. The first-order valence-electron chi connectivity index (χ1n) is 10.9. The molecule has 1 saturated heterocycles. The van der Waals surface area contributed by atoms with Gasteiger partial charge in [0.05, 0.1) is 23.9 Å². The van der Waals surface area contributed by atoms with Gasteiger partial charge in [-0.3, -0.25) is 4.79 Å². The van der Waals surface area contributed by atoms with Crippen molar-refractivity contribution in [3.63, 3.8) is 0 Å². The molecule has 0 bridgehead atoms. The lowest BCUT2D eigenvalue weighted by Gasteiger charge is -2.33. The number of nitrogens with one attached hydrogen (secondary N) is 2. The maximum atomic E-state index is 14.5. The Morgan fingerprint density at radius 2 is 1.83 bits per heavy atom. The lowest BCUT2D eigenvalue weighted by molar-refractivity contribution is 0.187. The molecule has 1 aliphatic heterocycles. The largest absolute Gasteiger partial charge is 0.494 e. The fourth-order valence-electron chi connectivity index (χ4n) is 4.24. The number of carbonyl (C=O) groups is 1. The Morgan fingerprint density at radius 3 is 2.43 bits per heavy atom. The topological polar surface area (TPSA) is 118 Å². The molecule has 35 heavy (non-hydrogen) atoms. The molecule has 0 unspecified atom stereocenters. The number of benzene rings is 2. The van der Waals surface area contributed by atoms with Gasteiger partial charge in [0.1, 0.15) is 17.7 Å². The highest BCUT2D eigenvalue weighted by Gasteiger charge is 2.24. The van der Waals surface area contributed by atoms with E-state index >= 15 is 0 Å². The summed E-state index contributed by atoms with van der Waals surface area (Å²) < 4.78 is 33.9. The molecule has 1 aliphatic rings. The Morgan fingerprint density at radius 1 is 1.14 bits per heavy atom. The van der Waals surface area contributed by atoms with Crippen LogP contribution in [0.25, 0.3) is 22.4 Å². The van der Waals surface area contributed by atoms with E-state index in [0.717, 1.165) is 6.07 Å². The number of halogens is 2. The van der Waals surface area contributed by atoms with Crippen molar-refractivity contribution in [3.8, 4) is 34.2 Å². The molecule has 0 radical (unpaired) electrons. The number of hydrogen-bond donors (Lipinski definition) is 3. The second-order valence-electron chi connectivity index (χ2n) is 8.14. The van der Waals surface area contributed by atoms with E-state index in [1.807, 2.05) is 4.90 Å². The molecule has 180 valence electrons. The van der Waals surface area contributed by atoms with E-state index in [-0.39, 0.29) is 34.2 Å². The third kappa shape index (κ3) is 4.94. The second-order valence-corrected chi connectivity index (χ2v) is 8.14. The number of aromatic amines is 1. The average molecular weight is 480 g/mol. The number of anilines is 1. The predicted molar refractivity (Wildman–Crippen MR) is 126 cm³/mol. The average Bonchev–Trinajstić information content (AvgIpc) is 2.83. The number of methoxy groups -OCH3 is 1. The minimum atomic E-state index is -1.09. The van der Waals surface area contributed by atoms with Crippen LogP contribution in [0.2, 0.25) is 0 Å². The van der Waals surface area contributed by atoms with Gasteiger partial charge in [-0.05, 0) is 42.7 Å². The van der Waals surface area contributed by atoms with Gasteiger partial charge in [0.25, 0.3) is 0 Å². The van der Waals surface area contributed by atoms with E-state index in [0.29, 0.717) is 37.3 Å². The van der Waals surface area contributed by atoms with Crippen LogP contribution in [0.15, 0.2) is 47.3 Å². The summed E-state index contributed by atoms with van der Waals surface area (Å²) in [6.45, 7) is 0.969. The van der Waals surface area contributed by atoms with E-state index in [4.69, 9.17) is 15.1 Å². The molecule has 0 aliphatic carbocycles. The Labute approximate surface area is 199 Å². The van der Waals surface area contributed by atoms with Crippen LogP contribution in [-0.4, -0.2) is 42.4 Å². The van der Waals surface area contributed by atoms with E-state index in [1.54, 1.807) is 12.1 Å². The summed E-state index contributed by atoms with van der Waals surface area (Å²) >= 11 is 0. The van der Waals surface area contributed by atoms with Crippen LogP contribution >= 0.6 is 0 Å². The number of H-pyrrole nitrogens is 1. The SMILES string of the molecule is COc1ccc(-c2c(-c3ccc(C#N)c(F)c3)[nH]c(N3CCC(NC(=O)O)CC3)cc2=O)cc1F. The number of hydrogen-bond acceptors (Lipinski definition) is 5. The van der Waals surface area contributed by atoms with Crippen molar-refractivity contribution in [2.75, 3.05) is 25.1 Å². The van der Waals surface area contributed by atoms with Gasteiger partial charge in [0.2, 0.25) is 0 Å². The van der Waals surface area contributed by atoms with Gasteiger partial charge >= 0.3 is 6.09 Å². The zero-order valence-electron chi connectivity index (χ0n) is 18.8.